The summed E-state index contributed by atoms with van der Waals surface area (Å²) in [6.45, 7) is 0. The van der Waals surface area contributed by atoms with E-state index in [1.807, 2.05) is 12.4 Å². The molecule has 13 heavy (non-hydrogen) atoms. The second kappa shape index (κ2) is 6.25. The Labute approximate surface area is 80.2 Å². The maximum Gasteiger partial charge on any atom is 0.0270 e. The molecular formula is C12H15N. The van der Waals surface area contributed by atoms with E-state index in [0.29, 0.717) is 0 Å². The number of rotatable bonds is 5. The van der Waals surface area contributed by atoms with E-state index >= 15 is 0 Å². The van der Waals surface area contributed by atoms with Gasteiger partial charge in [-0.15, -0.1) is 12.3 Å². The Morgan fingerprint density at radius 2 is 1.92 bits per heavy atom. The molecule has 0 unspecified atom stereocenters. The molecule has 1 heteroatoms. The zero-order chi connectivity index (χ0) is 9.36. The van der Waals surface area contributed by atoms with E-state index in [1.165, 1.54) is 18.4 Å². The summed E-state index contributed by atoms with van der Waals surface area (Å²) in [4.78, 5) is 3.98. The minimum atomic E-state index is 0.913. The summed E-state index contributed by atoms with van der Waals surface area (Å²) in [5.41, 5.74) is 1.37. The van der Waals surface area contributed by atoms with Crippen LogP contribution in [0.4, 0.5) is 0 Å². The van der Waals surface area contributed by atoms with Crippen LogP contribution >= 0.6 is 0 Å². The molecule has 0 spiro atoms. The van der Waals surface area contributed by atoms with Gasteiger partial charge < -0.3 is 0 Å². The largest absolute Gasteiger partial charge is 0.265 e. The molecular weight excluding hydrogens is 158 g/mol. The van der Waals surface area contributed by atoms with Gasteiger partial charge in [0.05, 0.1) is 0 Å². The van der Waals surface area contributed by atoms with Crippen LogP contribution in [-0.4, -0.2) is 4.98 Å². The average molecular weight is 173 g/mol. The van der Waals surface area contributed by atoms with Crippen LogP contribution in [-0.2, 0) is 6.42 Å². The molecule has 0 aromatic carbocycles. The van der Waals surface area contributed by atoms with Gasteiger partial charge in [-0.05, 0) is 37.0 Å². The first kappa shape index (κ1) is 9.80. The van der Waals surface area contributed by atoms with Crippen LogP contribution in [0.15, 0.2) is 24.5 Å². The molecule has 1 heterocycles. The molecule has 0 aliphatic carbocycles. The van der Waals surface area contributed by atoms with Crippen LogP contribution < -0.4 is 0 Å². The Morgan fingerprint density at radius 1 is 1.15 bits per heavy atom. The van der Waals surface area contributed by atoms with Gasteiger partial charge in [0, 0.05) is 18.8 Å². The molecule has 0 saturated heterocycles. The third-order valence-corrected chi connectivity index (χ3v) is 2.04. The number of terminal acetylenes is 1. The van der Waals surface area contributed by atoms with Crippen molar-refractivity contribution in [1.82, 2.24) is 4.98 Å². The second-order valence-electron chi connectivity index (χ2n) is 3.12. The van der Waals surface area contributed by atoms with Gasteiger partial charge in [0.2, 0.25) is 0 Å². The van der Waals surface area contributed by atoms with Crippen molar-refractivity contribution < 1.29 is 0 Å². The Kier molecular flexibility index (Phi) is 4.71. The van der Waals surface area contributed by atoms with E-state index in [4.69, 9.17) is 6.42 Å². The number of aryl methyl sites for hydroxylation is 1. The second-order valence-corrected chi connectivity index (χ2v) is 3.12. The first-order valence-electron chi connectivity index (χ1n) is 4.76. The van der Waals surface area contributed by atoms with Crippen molar-refractivity contribution in [2.75, 3.05) is 0 Å². The zero-order valence-corrected chi connectivity index (χ0v) is 7.87. The molecule has 1 rings (SSSR count). The summed E-state index contributed by atoms with van der Waals surface area (Å²) >= 11 is 0. The Balaban J connectivity index is 2.11. The quantitative estimate of drug-likeness (QED) is 0.493. The van der Waals surface area contributed by atoms with Crippen molar-refractivity contribution in [2.24, 2.45) is 0 Å². The molecule has 0 amide bonds. The molecule has 0 bridgehead atoms. The summed E-state index contributed by atoms with van der Waals surface area (Å²) in [5, 5.41) is 0. The van der Waals surface area contributed by atoms with E-state index in [-0.39, 0.29) is 0 Å². The average Bonchev–Trinajstić information content (AvgIpc) is 2.19. The Morgan fingerprint density at radius 3 is 2.62 bits per heavy atom. The first-order valence-corrected chi connectivity index (χ1v) is 4.76. The highest BCUT2D eigenvalue weighted by Gasteiger charge is 1.91. The van der Waals surface area contributed by atoms with E-state index in [9.17, 15) is 0 Å². The van der Waals surface area contributed by atoms with E-state index in [2.05, 4.69) is 23.0 Å². The van der Waals surface area contributed by atoms with Crippen molar-refractivity contribution in [3.8, 4) is 12.3 Å². The van der Waals surface area contributed by atoms with Gasteiger partial charge in [-0.2, -0.15) is 0 Å². The third kappa shape index (κ3) is 4.32. The van der Waals surface area contributed by atoms with Gasteiger partial charge >= 0.3 is 0 Å². The number of hydrogen-bond donors (Lipinski definition) is 0. The predicted octanol–water partition coefficient (Wildman–Crippen LogP) is 2.82. The van der Waals surface area contributed by atoms with Gasteiger partial charge in [0.25, 0.3) is 0 Å². The van der Waals surface area contributed by atoms with Gasteiger partial charge in [0.1, 0.15) is 0 Å². The number of pyridine rings is 1. The summed E-state index contributed by atoms with van der Waals surface area (Å²) in [5.74, 6) is 2.66. The number of unbranched alkanes of at least 4 members (excludes halogenated alkanes) is 3. The van der Waals surface area contributed by atoms with Crippen LogP contribution in [0.25, 0.3) is 0 Å². The third-order valence-electron chi connectivity index (χ3n) is 2.04. The normalized spacial score (nSPS) is 9.46. The number of aromatic nitrogens is 1. The maximum atomic E-state index is 5.16. The van der Waals surface area contributed by atoms with Crippen LogP contribution in [0.3, 0.4) is 0 Å². The lowest BCUT2D eigenvalue weighted by atomic mass is 10.1. The van der Waals surface area contributed by atoms with Crippen molar-refractivity contribution in [3.05, 3.63) is 30.1 Å². The summed E-state index contributed by atoms with van der Waals surface area (Å²) < 4.78 is 0. The zero-order valence-electron chi connectivity index (χ0n) is 7.87. The predicted molar refractivity (Wildman–Crippen MR) is 55.2 cm³/mol. The summed E-state index contributed by atoms with van der Waals surface area (Å²) in [7, 11) is 0. The van der Waals surface area contributed by atoms with Crippen molar-refractivity contribution in [2.45, 2.75) is 32.1 Å². The lowest BCUT2D eigenvalue weighted by Gasteiger charge is -1.99. The monoisotopic (exact) mass is 173 g/mol. The highest BCUT2D eigenvalue weighted by molar-refractivity contribution is 5.09. The van der Waals surface area contributed by atoms with Gasteiger partial charge in [-0.1, -0.05) is 6.42 Å². The summed E-state index contributed by atoms with van der Waals surface area (Å²) in [6.07, 6.45) is 14.5. The van der Waals surface area contributed by atoms with Crippen LogP contribution in [0.2, 0.25) is 0 Å². The van der Waals surface area contributed by atoms with E-state index in [0.717, 1.165) is 19.3 Å². The minimum Gasteiger partial charge on any atom is -0.265 e. The molecule has 0 saturated carbocycles. The van der Waals surface area contributed by atoms with Gasteiger partial charge in [0.15, 0.2) is 0 Å². The van der Waals surface area contributed by atoms with Crippen molar-refractivity contribution in [3.63, 3.8) is 0 Å². The molecule has 0 N–H and O–H groups in total. The number of nitrogens with zero attached hydrogens (tertiary/aromatic N) is 1. The highest BCUT2D eigenvalue weighted by atomic mass is 14.6. The fourth-order valence-corrected chi connectivity index (χ4v) is 1.28. The first-order chi connectivity index (χ1) is 6.43. The molecule has 1 aromatic heterocycles. The molecule has 0 radical (unpaired) electrons. The number of hydrogen-bond acceptors (Lipinski definition) is 1. The fraction of sp³-hybridized carbons (Fsp3) is 0.417. The smallest absolute Gasteiger partial charge is 0.0270 e. The van der Waals surface area contributed by atoms with Crippen molar-refractivity contribution >= 4 is 0 Å². The molecule has 0 fully saturated rings. The molecule has 0 atom stereocenters. The van der Waals surface area contributed by atoms with Gasteiger partial charge in [-0.3, -0.25) is 4.98 Å². The standard InChI is InChI=1S/C12H15N/c1-2-3-4-5-6-7-12-8-10-13-11-9-12/h1,8-11H,3-7H2. The SMILES string of the molecule is C#CCCCCCc1ccncc1. The minimum absolute atomic E-state index is 0.913. The maximum absolute atomic E-state index is 5.16. The van der Waals surface area contributed by atoms with Gasteiger partial charge in [-0.25, -0.2) is 0 Å². The topological polar surface area (TPSA) is 12.9 Å². The molecule has 0 aliphatic rings. The molecule has 0 aliphatic heterocycles. The van der Waals surface area contributed by atoms with Crippen LogP contribution in [0, 0.1) is 12.3 Å². The van der Waals surface area contributed by atoms with Crippen molar-refractivity contribution in [1.29, 1.82) is 0 Å². The summed E-state index contributed by atoms with van der Waals surface area (Å²) in [6, 6.07) is 4.14. The Bertz CT molecular complexity index is 258. The molecule has 1 nitrogen and oxygen atoms in total. The van der Waals surface area contributed by atoms with E-state index in [1.54, 1.807) is 0 Å². The van der Waals surface area contributed by atoms with Crippen LogP contribution in [0.5, 0.6) is 0 Å². The molecule has 1 aromatic rings. The molecule has 68 valence electrons. The highest BCUT2D eigenvalue weighted by Crippen LogP contribution is 2.06. The lowest BCUT2D eigenvalue weighted by Crippen LogP contribution is -1.85. The van der Waals surface area contributed by atoms with E-state index < -0.39 is 0 Å². The van der Waals surface area contributed by atoms with Crippen LogP contribution in [0.1, 0.15) is 31.2 Å². The lowest BCUT2D eigenvalue weighted by molar-refractivity contribution is 0.692. The fourth-order valence-electron chi connectivity index (χ4n) is 1.28. The Hall–Kier alpha value is -1.29.